The molecule has 0 unspecified atom stereocenters. The van der Waals surface area contributed by atoms with Crippen LogP contribution in [0.5, 0.6) is 0 Å². The summed E-state index contributed by atoms with van der Waals surface area (Å²) in [6.45, 7) is 0. The highest BCUT2D eigenvalue weighted by Gasteiger charge is 2.11. The van der Waals surface area contributed by atoms with Crippen molar-refractivity contribution in [1.82, 2.24) is 0 Å². The summed E-state index contributed by atoms with van der Waals surface area (Å²) in [4.78, 5) is 0. The van der Waals surface area contributed by atoms with E-state index in [1.165, 1.54) is 18.8 Å². The standard InChI is InChI=1S/C3H10O4S/c1-8(2,3,5)7-6-4/h4H,1-3H3. The third-order valence-corrected chi connectivity index (χ3v) is 0.787. The molecule has 0 radical (unpaired) electrons. The molecule has 0 fully saturated rings. The summed E-state index contributed by atoms with van der Waals surface area (Å²) < 4.78 is 14.9. The third kappa shape index (κ3) is 6.03. The molecule has 0 atom stereocenters. The lowest BCUT2D eigenvalue weighted by Crippen LogP contribution is -2.29. The first-order valence-electron chi connectivity index (χ1n) is 1.91. The molecule has 8 heavy (non-hydrogen) atoms. The van der Waals surface area contributed by atoms with Gasteiger partial charge in [0.15, 0.2) is 0 Å². The van der Waals surface area contributed by atoms with Crippen LogP contribution in [0, 0.1) is 0 Å². The highest BCUT2D eigenvalue weighted by molar-refractivity contribution is 8.14. The molecular formula is C3H10O4S. The molecule has 0 bridgehead atoms. The van der Waals surface area contributed by atoms with Gasteiger partial charge < -0.3 is 0 Å². The molecule has 0 heterocycles. The van der Waals surface area contributed by atoms with Crippen LogP contribution >= 0.6 is 0 Å². The van der Waals surface area contributed by atoms with Gasteiger partial charge in [0.25, 0.3) is 0 Å². The van der Waals surface area contributed by atoms with Crippen LogP contribution in [-0.2, 0) is 18.7 Å². The maximum Gasteiger partial charge on any atom is 0.0254 e. The molecule has 0 aromatic rings. The minimum atomic E-state index is -3.11. The fourth-order valence-electron chi connectivity index (χ4n) is 0.104. The number of rotatable bonds is 2. The van der Waals surface area contributed by atoms with E-state index in [4.69, 9.17) is 5.26 Å². The highest BCUT2D eigenvalue weighted by atomic mass is 32.3. The van der Waals surface area contributed by atoms with E-state index in [1.807, 2.05) is 0 Å². The Bertz CT molecular complexity index is 123. The van der Waals surface area contributed by atoms with Gasteiger partial charge >= 0.3 is 0 Å². The van der Waals surface area contributed by atoms with E-state index in [0.29, 0.717) is 0 Å². The molecule has 0 aliphatic heterocycles. The zero-order valence-corrected chi connectivity index (χ0v) is 5.90. The maximum atomic E-state index is 10.9. The molecule has 1 N–H and O–H groups in total. The summed E-state index contributed by atoms with van der Waals surface area (Å²) in [5, 5.41) is 10.9. The van der Waals surface area contributed by atoms with Crippen molar-refractivity contribution >= 4 is 9.35 Å². The van der Waals surface area contributed by atoms with Gasteiger partial charge in [-0.3, -0.25) is 0 Å². The smallest absolute Gasteiger partial charge is 0.0254 e. The van der Waals surface area contributed by atoms with Crippen molar-refractivity contribution in [3.63, 3.8) is 0 Å². The first-order chi connectivity index (χ1) is 3.31. The van der Waals surface area contributed by atoms with Crippen LogP contribution in [0.1, 0.15) is 0 Å². The van der Waals surface area contributed by atoms with Crippen molar-refractivity contribution in [2.75, 3.05) is 18.8 Å². The molecule has 5 heteroatoms. The second-order valence-electron chi connectivity index (χ2n) is 2.44. The van der Waals surface area contributed by atoms with Crippen LogP contribution < -0.4 is 0 Å². The largest absolute Gasteiger partial charge is 0.219 e. The average Bonchev–Trinajstić information content (AvgIpc) is 1.25. The molecular weight excluding hydrogens is 132 g/mol. The number of hydrogen-bond donors (Lipinski definition) is 1. The average molecular weight is 142 g/mol. The van der Waals surface area contributed by atoms with E-state index < -0.39 is 9.35 Å². The van der Waals surface area contributed by atoms with Crippen LogP contribution in [0.2, 0.25) is 0 Å². The van der Waals surface area contributed by atoms with E-state index in [-0.39, 0.29) is 0 Å². The fraction of sp³-hybridized carbons (Fsp3) is 1.00. The van der Waals surface area contributed by atoms with Crippen LogP contribution in [-0.4, -0.2) is 28.2 Å². The summed E-state index contributed by atoms with van der Waals surface area (Å²) in [5.74, 6) is 0. The molecule has 0 aromatic carbocycles. The molecule has 0 rings (SSSR count). The third-order valence-electron chi connectivity index (χ3n) is 0.262. The Morgan fingerprint density at radius 1 is 1.38 bits per heavy atom. The predicted molar refractivity (Wildman–Crippen MR) is 30.7 cm³/mol. The second-order valence-corrected chi connectivity index (χ2v) is 7.16. The Kier molecular flexibility index (Phi) is 1.77. The Morgan fingerprint density at radius 2 is 1.75 bits per heavy atom. The minimum Gasteiger partial charge on any atom is -0.219 e. The maximum absolute atomic E-state index is 10.9. The van der Waals surface area contributed by atoms with Gasteiger partial charge in [-0.1, -0.05) is 4.33 Å². The first-order valence-corrected chi connectivity index (χ1v) is 5.02. The van der Waals surface area contributed by atoms with Gasteiger partial charge in [0.2, 0.25) is 0 Å². The first kappa shape index (κ1) is 8.03. The van der Waals surface area contributed by atoms with Crippen LogP contribution in [0.15, 0.2) is 0 Å². The van der Waals surface area contributed by atoms with Crippen molar-refractivity contribution in [2.24, 2.45) is 0 Å². The van der Waals surface area contributed by atoms with Crippen molar-refractivity contribution in [1.29, 1.82) is 0 Å². The molecule has 52 valence electrons. The normalized spacial score (nSPS) is 17.2. The van der Waals surface area contributed by atoms with E-state index in [1.54, 1.807) is 0 Å². The van der Waals surface area contributed by atoms with E-state index in [9.17, 15) is 4.21 Å². The molecule has 0 spiro atoms. The van der Waals surface area contributed by atoms with Gasteiger partial charge in [0.05, 0.1) is 0 Å². The van der Waals surface area contributed by atoms with Gasteiger partial charge in [0.1, 0.15) is 0 Å². The van der Waals surface area contributed by atoms with Crippen molar-refractivity contribution in [3.8, 4) is 0 Å². The molecule has 4 nitrogen and oxygen atoms in total. The molecule has 0 aliphatic rings. The quantitative estimate of drug-likeness (QED) is 0.436. The van der Waals surface area contributed by atoms with Crippen LogP contribution in [0.25, 0.3) is 0 Å². The van der Waals surface area contributed by atoms with Crippen LogP contribution in [0.3, 0.4) is 0 Å². The van der Waals surface area contributed by atoms with Crippen molar-refractivity contribution in [3.05, 3.63) is 0 Å². The van der Waals surface area contributed by atoms with Crippen LogP contribution in [0.4, 0.5) is 0 Å². The summed E-state index contributed by atoms with van der Waals surface area (Å²) >= 11 is 0. The zero-order chi connectivity index (χ0) is 6.86. The van der Waals surface area contributed by atoms with Gasteiger partial charge in [-0.2, -0.15) is 9.35 Å². The lowest BCUT2D eigenvalue weighted by Gasteiger charge is -2.30. The number of hydrogen-bond acceptors (Lipinski definition) is 4. The van der Waals surface area contributed by atoms with Gasteiger partial charge in [-0.05, 0) is 5.04 Å². The zero-order valence-electron chi connectivity index (χ0n) is 5.08. The van der Waals surface area contributed by atoms with Crippen molar-refractivity contribution in [2.45, 2.75) is 0 Å². The van der Waals surface area contributed by atoms with Gasteiger partial charge in [-0.15, -0.1) is 0 Å². The monoisotopic (exact) mass is 142 g/mol. The SMILES string of the molecule is CS(C)(C)(=O)OOO. The van der Waals surface area contributed by atoms with Gasteiger partial charge in [0, 0.05) is 18.8 Å². The van der Waals surface area contributed by atoms with Crippen molar-refractivity contribution < 1.29 is 18.8 Å². The summed E-state index contributed by atoms with van der Waals surface area (Å²) in [6, 6.07) is 0. The lowest BCUT2D eigenvalue weighted by molar-refractivity contribution is -0.438. The molecule has 0 saturated carbocycles. The topological polar surface area (TPSA) is 55.8 Å². The van der Waals surface area contributed by atoms with E-state index >= 15 is 0 Å². The van der Waals surface area contributed by atoms with Gasteiger partial charge in [-0.25, -0.2) is 9.47 Å². The van der Waals surface area contributed by atoms with E-state index in [2.05, 4.69) is 9.37 Å². The summed E-state index contributed by atoms with van der Waals surface area (Å²) in [7, 11) is -3.11. The Hall–Kier alpha value is 0.0300. The fourth-order valence-corrected chi connectivity index (χ4v) is 0.311. The molecule has 0 saturated heterocycles. The second kappa shape index (κ2) is 1.77. The minimum absolute atomic E-state index is 1.34. The highest BCUT2D eigenvalue weighted by Crippen LogP contribution is 2.12. The predicted octanol–water partition coefficient (Wildman–Crippen LogP) is 0.0321. The Balaban J connectivity index is 3.95. The Morgan fingerprint density at radius 3 is 1.75 bits per heavy atom. The molecule has 0 amide bonds. The summed E-state index contributed by atoms with van der Waals surface area (Å²) in [6.07, 6.45) is 4.02. The lowest BCUT2D eigenvalue weighted by atomic mass is 11.9. The summed E-state index contributed by atoms with van der Waals surface area (Å²) in [5.41, 5.74) is 0. The Labute approximate surface area is 47.9 Å². The molecule has 0 aliphatic carbocycles. The van der Waals surface area contributed by atoms with E-state index in [0.717, 1.165) is 0 Å². The molecule has 0 aromatic heterocycles.